The lowest BCUT2D eigenvalue weighted by molar-refractivity contribution is 0.0964. The van der Waals surface area contributed by atoms with Crippen LogP contribution in [-0.4, -0.2) is 6.61 Å². The monoisotopic (exact) mass is 225 g/mol. The highest BCUT2D eigenvalue weighted by Crippen LogP contribution is 2.19. The molecule has 0 heterocycles. The molecule has 0 spiro atoms. The molecule has 0 aliphatic heterocycles. The number of hydrogen-bond acceptors (Lipinski definition) is 2. The van der Waals surface area contributed by atoms with Gasteiger partial charge in [-0.3, -0.25) is 0 Å². The van der Waals surface area contributed by atoms with Gasteiger partial charge in [0.15, 0.2) is 0 Å². The molecule has 2 nitrogen and oxygen atoms in total. The van der Waals surface area contributed by atoms with Crippen LogP contribution in [-0.2, 0) is 11.3 Å². The summed E-state index contributed by atoms with van der Waals surface area (Å²) in [5.41, 5.74) is 7.27. The maximum absolute atomic E-state index is 12.9. The van der Waals surface area contributed by atoms with Crippen LogP contribution in [0, 0.1) is 11.2 Å². The Balaban J connectivity index is 2.40. The van der Waals surface area contributed by atoms with Gasteiger partial charge in [-0.25, -0.2) is 4.39 Å². The fraction of sp³-hybridized carbons (Fsp3) is 0.538. The Bertz CT molecular complexity index is 344. The molecule has 0 aliphatic rings. The number of hydrogen-bond donors (Lipinski definition) is 1. The number of ether oxygens (including phenoxy) is 1. The van der Waals surface area contributed by atoms with Gasteiger partial charge in [0.25, 0.3) is 0 Å². The van der Waals surface area contributed by atoms with E-state index in [0.717, 1.165) is 6.42 Å². The molecule has 1 aromatic carbocycles. The summed E-state index contributed by atoms with van der Waals surface area (Å²) in [5, 5.41) is 0. The first-order valence-electron chi connectivity index (χ1n) is 5.50. The summed E-state index contributed by atoms with van der Waals surface area (Å²) in [6.07, 6.45) is 0.974. The van der Waals surface area contributed by atoms with E-state index in [2.05, 4.69) is 20.8 Å². The van der Waals surface area contributed by atoms with Crippen molar-refractivity contribution in [3.63, 3.8) is 0 Å². The fourth-order valence-corrected chi connectivity index (χ4v) is 1.26. The van der Waals surface area contributed by atoms with Crippen molar-refractivity contribution >= 4 is 5.69 Å². The minimum Gasteiger partial charge on any atom is -0.398 e. The van der Waals surface area contributed by atoms with Crippen LogP contribution >= 0.6 is 0 Å². The van der Waals surface area contributed by atoms with Crippen LogP contribution in [0.1, 0.15) is 32.8 Å². The number of nitrogen functional groups attached to an aromatic ring is 1. The number of rotatable bonds is 4. The summed E-state index contributed by atoms with van der Waals surface area (Å²) in [5.74, 6) is -0.274. The van der Waals surface area contributed by atoms with E-state index in [0.29, 0.717) is 24.5 Å². The molecule has 1 aromatic rings. The second-order valence-electron chi connectivity index (χ2n) is 5.21. The van der Waals surface area contributed by atoms with Crippen LogP contribution in [0.5, 0.6) is 0 Å². The van der Waals surface area contributed by atoms with E-state index in [4.69, 9.17) is 10.5 Å². The Kier molecular flexibility index (Phi) is 4.30. The van der Waals surface area contributed by atoms with Gasteiger partial charge in [0, 0.05) is 17.9 Å². The summed E-state index contributed by atoms with van der Waals surface area (Å²) < 4.78 is 18.4. The lowest BCUT2D eigenvalue weighted by Crippen LogP contribution is -2.10. The minimum atomic E-state index is -0.274. The first-order chi connectivity index (χ1) is 7.38. The third-order valence-electron chi connectivity index (χ3n) is 2.36. The average molecular weight is 225 g/mol. The van der Waals surface area contributed by atoms with Crippen LogP contribution in [0.4, 0.5) is 10.1 Å². The van der Waals surface area contributed by atoms with Crippen molar-refractivity contribution in [2.45, 2.75) is 33.8 Å². The summed E-state index contributed by atoms with van der Waals surface area (Å²) in [4.78, 5) is 0. The van der Waals surface area contributed by atoms with Crippen LogP contribution in [0.3, 0.4) is 0 Å². The van der Waals surface area contributed by atoms with E-state index in [-0.39, 0.29) is 11.2 Å². The predicted molar refractivity (Wildman–Crippen MR) is 64.5 cm³/mol. The second kappa shape index (κ2) is 5.30. The molecule has 16 heavy (non-hydrogen) atoms. The molecule has 0 saturated carbocycles. The molecule has 1 rings (SSSR count). The van der Waals surface area contributed by atoms with E-state index in [1.165, 1.54) is 12.1 Å². The van der Waals surface area contributed by atoms with Gasteiger partial charge < -0.3 is 10.5 Å². The van der Waals surface area contributed by atoms with Gasteiger partial charge in [0.05, 0.1) is 6.61 Å². The van der Waals surface area contributed by atoms with E-state index in [1.54, 1.807) is 6.07 Å². The molecule has 0 radical (unpaired) electrons. The van der Waals surface area contributed by atoms with Crippen molar-refractivity contribution in [3.8, 4) is 0 Å². The van der Waals surface area contributed by atoms with Crippen LogP contribution in [0.25, 0.3) is 0 Å². The highest BCUT2D eigenvalue weighted by molar-refractivity contribution is 5.46. The third kappa shape index (κ3) is 4.62. The lowest BCUT2D eigenvalue weighted by Gasteiger charge is -2.17. The van der Waals surface area contributed by atoms with Gasteiger partial charge in [-0.1, -0.05) is 20.8 Å². The van der Waals surface area contributed by atoms with Crippen molar-refractivity contribution < 1.29 is 9.13 Å². The van der Waals surface area contributed by atoms with Gasteiger partial charge >= 0.3 is 0 Å². The fourth-order valence-electron chi connectivity index (χ4n) is 1.26. The SMILES string of the molecule is CC(C)(C)CCOCc1cc(F)ccc1N. The zero-order chi connectivity index (χ0) is 12.2. The predicted octanol–water partition coefficient (Wildman–Crippen LogP) is 3.36. The smallest absolute Gasteiger partial charge is 0.123 e. The molecule has 0 fully saturated rings. The summed E-state index contributed by atoms with van der Waals surface area (Å²) in [6, 6.07) is 4.35. The molecular weight excluding hydrogens is 205 g/mol. The Hall–Kier alpha value is -1.09. The maximum atomic E-state index is 12.9. The molecule has 0 aliphatic carbocycles. The lowest BCUT2D eigenvalue weighted by atomic mass is 9.93. The largest absolute Gasteiger partial charge is 0.398 e. The van der Waals surface area contributed by atoms with Crippen molar-refractivity contribution in [1.29, 1.82) is 0 Å². The van der Waals surface area contributed by atoms with Gasteiger partial charge in [0.1, 0.15) is 5.82 Å². The number of anilines is 1. The highest BCUT2D eigenvalue weighted by Gasteiger charge is 2.09. The van der Waals surface area contributed by atoms with Crippen molar-refractivity contribution in [2.24, 2.45) is 5.41 Å². The molecule has 3 heteroatoms. The average Bonchev–Trinajstić information content (AvgIpc) is 2.16. The molecule has 90 valence electrons. The van der Waals surface area contributed by atoms with Crippen molar-refractivity contribution in [2.75, 3.05) is 12.3 Å². The quantitative estimate of drug-likeness (QED) is 0.630. The van der Waals surface area contributed by atoms with Crippen molar-refractivity contribution in [1.82, 2.24) is 0 Å². The van der Waals surface area contributed by atoms with Crippen LogP contribution < -0.4 is 5.73 Å². The van der Waals surface area contributed by atoms with Gasteiger partial charge in [-0.05, 0) is 30.0 Å². The van der Waals surface area contributed by atoms with E-state index < -0.39 is 0 Å². The summed E-state index contributed by atoms with van der Waals surface area (Å²) >= 11 is 0. The second-order valence-corrected chi connectivity index (χ2v) is 5.21. The van der Waals surface area contributed by atoms with Crippen LogP contribution in [0.2, 0.25) is 0 Å². The maximum Gasteiger partial charge on any atom is 0.123 e. The molecule has 2 N–H and O–H groups in total. The molecule has 0 saturated heterocycles. The Morgan fingerprint density at radius 1 is 1.31 bits per heavy atom. The standard InChI is InChI=1S/C13H20FNO/c1-13(2,3)6-7-16-9-10-8-11(14)4-5-12(10)15/h4-5,8H,6-7,9,15H2,1-3H3. The first kappa shape index (κ1) is 13.0. The number of benzene rings is 1. The Morgan fingerprint density at radius 2 is 2.00 bits per heavy atom. The molecular formula is C13H20FNO. The zero-order valence-corrected chi connectivity index (χ0v) is 10.2. The molecule has 0 unspecified atom stereocenters. The van der Waals surface area contributed by atoms with Crippen LogP contribution in [0.15, 0.2) is 18.2 Å². The Morgan fingerprint density at radius 3 is 2.62 bits per heavy atom. The minimum absolute atomic E-state index is 0.257. The molecule has 0 atom stereocenters. The van der Waals surface area contributed by atoms with E-state index in [1.807, 2.05) is 0 Å². The number of halogens is 1. The van der Waals surface area contributed by atoms with Gasteiger partial charge in [-0.15, -0.1) is 0 Å². The first-order valence-corrected chi connectivity index (χ1v) is 5.50. The third-order valence-corrected chi connectivity index (χ3v) is 2.36. The molecule has 0 aromatic heterocycles. The Labute approximate surface area is 96.6 Å². The van der Waals surface area contributed by atoms with Gasteiger partial charge in [0.2, 0.25) is 0 Å². The van der Waals surface area contributed by atoms with Gasteiger partial charge in [-0.2, -0.15) is 0 Å². The zero-order valence-electron chi connectivity index (χ0n) is 10.2. The van der Waals surface area contributed by atoms with Crippen molar-refractivity contribution in [3.05, 3.63) is 29.6 Å². The van der Waals surface area contributed by atoms with E-state index >= 15 is 0 Å². The summed E-state index contributed by atoms with van der Waals surface area (Å²) in [6.45, 7) is 7.52. The van der Waals surface area contributed by atoms with E-state index in [9.17, 15) is 4.39 Å². The topological polar surface area (TPSA) is 35.2 Å². The number of nitrogens with two attached hydrogens (primary N) is 1. The highest BCUT2D eigenvalue weighted by atomic mass is 19.1. The molecule has 0 bridgehead atoms. The normalized spacial score (nSPS) is 11.8. The molecule has 0 amide bonds. The summed E-state index contributed by atoms with van der Waals surface area (Å²) in [7, 11) is 0.